The van der Waals surface area contributed by atoms with Crippen molar-refractivity contribution in [1.29, 1.82) is 0 Å². The number of para-hydroxylation sites is 2. The molecule has 6 heteroatoms. The van der Waals surface area contributed by atoms with Crippen LogP contribution in [0.15, 0.2) is 168 Å². The fraction of sp³-hybridized carbons (Fsp3) is 0. The van der Waals surface area contributed by atoms with E-state index in [1.165, 1.54) is 6.07 Å². The highest BCUT2D eigenvalue weighted by molar-refractivity contribution is 6.24. The van der Waals surface area contributed by atoms with Gasteiger partial charge in [-0.15, -0.1) is 0 Å². The number of halogens is 1. The Morgan fingerprint density at radius 2 is 1.08 bits per heavy atom. The first kappa shape index (κ1) is 29.0. The summed E-state index contributed by atoms with van der Waals surface area (Å²) in [6, 6.07) is 53.5. The number of aromatic nitrogens is 4. The Hall–Kier alpha value is -6.92. The van der Waals surface area contributed by atoms with E-state index in [-0.39, 0.29) is 5.82 Å². The number of hydrogen-bond donors (Lipinski definition) is 0. The molecule has 0 aliphatic heterocycles. The fourth-order valence-electron chi connectivity index (χ4n) is 7.19. The van der Waals surface area contributed by atoms with Gasteiger partial charge in [-0.05, 0) is 60.2 Å². The molecule has 0 saturated heterocycles. The monoisotopic (exact) mass is 658 g/mol. The van der Waals surface area contributed by atoms with Gasteiger partial charge in [-0.1, -0.05) is 109 Å². The number of furan rings is 1. The number of benzene rings is 7. The van der Waals surface area contributed by atoms with Gasteiger partial charge in [-0.2, -0.15) is 0 Å². The Labute approximate surface area is 291 Å². The highest BCUT2D eigenvalue weighted by Gasteiger charge is 2.21. The van der Waals surface area contributed by atoms with E-state index in [4.69, 9.17) is 19.4 Å². The molecule has 10 rings (SSSR count). The third kappa shape index (κ3) is 4.80. The third-order valence-corrected chi connectivity index (χ3v) is 9.51. The van der Waals surface area contributed by atoms with Crippen LogP contribution >= 0.6 is 0 Å². The van der Waals surface area contributed by atoms with E-state index >= 15 is 0 Å². The van der Waals surface area contributed by atoms with Crippen LogP contribution in [0.1, 0.15) is 0 Å². The second-order valence-electron chi connectivity index (χ2n) is 12.6. The molecule has 0 bridgehead atoms. The van der Waals surface area contributed by atoms with E-state index in [1.54, 1.807) is 12.1 Å². The van der Waals surface area contributed by atoms with E-state index < -0.39 is 0 Å². The van der Waals surface area contributed by atoms with Gasteiger partial charge in [0.1, 0.15) is 17.0 Å². The van der Waals surface area contributed by atoms with Crippen molar-refractivity contribution in [3.63, 3.8) is 0 Å². The summed E-state index contributed by atoms with van der Waals surface area (Å²) in [5, 5.41) is 4.26. The van der Waals surface area contributed by atoms with E-state index in [9.17, 15) is 4.39 Å². The summed E-state index contributed by atoms with van der Waals surface area (Å²) in [5.41, 5.74) is 8.75. The molecular formula is C45H27FN4O. The molecule has 0 radical (unpaired) electrons. The molecule has 240 valence electrons. The van der Waals surface area contributed by atoms with Gasteiger partial charge in [0, 0.05) is 38.4 Å². The van der Waals surface area contributed by atoms with Crippen molar-refractivity contribution in [3.05, 3.63) is 170 Å². The van der Waals surface area contributed by atoms with Crippen molar-refractivity contribution in [2.24, 2.45) is 0 Å². The van der Waals surface area contributed by atoms with Crippen molar-refractivity contribution in [3.8, 4) is 51.0 Å². The molecule has 0 fully saturated rings. The van der Waals surface area contributed by atoms with Gasteiger partial charge in [0.15, 0.2) is 17.5 Å². The lowest BCUT2D eigenvalue weighted by Gasteiger charge is -2.16. The predicted molar refractivity (Wildman–Crippen MR) is 203 cm³/mol. The average molecular weight is 659 g/mol. The SMILES string of the molecule is Fc1cccc(-c2cc(-c3nc(-c4ccccc4)nc(-c4ccccc4)n3)ccc2-n2c3ccccc3c3c4oc5ccccc5c4ccc32)c1. The molecular weight excluding hydrogens is 632 g/mol. The molecule has 0 amide bonds. The first-order chi connectivity index (χ1) is 25.2. The molecule has 0 spiro atoms. The van der Waals surface area contributed by atoms with Gasteiger partial charge in [0.2, 0.25) is 0 Å². The average Bonchev–Trinajstić information content (AvgIpc) is 3.74. The molecule has 0 unspecified atom stereocenters. The Balaban J connectivity index is 1.25. The molecule has 3 heterocycles. The Morgan fingerprint density at radius 3 is 1.80 bits per heavy atom. The molecule has 51 heavy (non-hydrogen) atoms. The second kappa shape index (κ2) is 11.6. The zero-order valence-electron chi connectivity index (χ0n) is 27.2. The van der Waals surface area contributed by atoms with Gasteiger partial charge in [-0.3, -0.25) is 0 Å². The zero-order valence-corrected chi connectivity index (χ0v) is 27.2. The molecule has 0 aliphatic rings. The Kier molecular flexibility index (Phi) is 6.61. The van der Waals surface area contributed by atoms with Crippen LogP contribution in [0.25, 0.3) is 94.7 Å². The summed E-state index contributed by atoms with van der Waals surface area (Å²) in [4.78, 5) is 14.8. The lowest BCUT2D eigenvalue weighted by Crippen LogP contribution is -2.02. The van der Waals surface area contributed by atoms with Gasteiger partial charge in [-0.25, -0.2) is 19.3 Å². The molecule has 10 aromatic rings. The zero-order chi connectivity index (χ0) is 33.9. The molecule has 7 aromatic carbocycles. The number of rotatable bonds is 5. The summed E-state index contributed by atoms with van der Waals surface area (Å²) in [6.07, 6.45) is 0. The highest BCUT2D eigenvalue weighted by Crippen LogP contribution is 2.42. The van der Waals surface area contributed by atoms with Crippen LogP contribution in [0.4, 0.5) is 4.39 Å². The smallest absolute Gasteiger partial charge is 0.164 e. The summed E-state index contributed by atoms with van der Waals surface area (Å²) in [7, 11) is 0. The maximum Gasteiger partial charge on any atom is 0.164 e. The van der Waals surface area contributed by atoms with Crippen molar-refractivity contribution in [2.45, 2.75) is 0 Å². The topological polar surface area (TPSA) is 56.7 Å². The quantitative estimate of drug-likeness (QED) is 0.185. The lowest BCUT2D eigenvalue weighted by molar-refractivity contribution is 0.628. The highest BCUT2D eigenvalue weighted by atomic mass is 19.1. The first-order valence-electron chi connectivity index (χ1n) is 16.8. The van der Waals surface area contributed by atoms with E-state index in [2.05, 4.69) is 53.1 Å². The molecule has 0 aliphatic carbocycles. The summed E-state index contributed by atoms with van der Waals surface area (Å²) in [5.74, 6) is 1.37. The van der Waals surface area contributed by atoms with Crippen molar-refractivity contribution < 1.29 is 8.81 Å². The Bertz CT molecular complexity index is 2870. The van der Waals surface area contributed by atoms with Crippen molar-refractivity contribution in [1.82, 2.24) is 19.5 Å². The van der Waals surface area contributed by atoms with Crippen LogP contribution in [-0.4, -0.2) is 19.5 Å². The fourth-order valence-corrected chi connectivity index (χ4v) is 7.19. The van der Waals surface area contributed by atoms with E-state index in [0.29, 0.717) is 17.5 Å². The van der Waals surface area contributed by atoms with E-state index in [0.717, 1.165) is 77.2 Å². The minimum Gasteiger partial charge on any atom is -0.455 e. The largest absolute Gasteiger partial charge is 0.455 e. The lowest BCUT2D eigenvalue weighted by atomic mass is 9.99. The number of hydrogen-bond acceptors (Lipinski definition) is 4. The van der Waals surface area contributed by atoms with Gasteiger partial charge < -0.3 is 8.98 Å². The summed E-state index contributed by atoms with van der Waals surface area (Å²) >= 11 is 0. The van der Waals surface area contributed by atoms with Gasteiger partial charge in [0.05, 0.1) is 22.1 Å². The van der Waals surface area contributed by atoms with Gasteiger partial charge >= 0.3 is 0 Å². The van der Waals surface area contributed by atoms with Crippen LogP contribution in [0.2, 0.25) is 0 Å². The molecule has 3 aromatic heterocycles. The summed E-state index contributed by atoms with van der Waals surface area (Å²) in [6.45, 7) is 0. The minimum atomic E-state index is -0.312. The standard InChI is InChI=1S/C45H27FN4O/c46-32-17-11-16-30(26-32)36-27-31(45-48-43(28-12-3-1-4-13-28)47-44(49-45)29-14-5-2-6-15-29)22-24-38(36)50-37-20-9-7-19-35(37)41-39(50)25-23-34-33-18-8-10-21-40(33)51-42(34)41/h1-27H. The van der Waals surface area contributed by atoms with Crippen LogP contribution < -0.4 is 0 Å². The van der Waals surface area contributed by atoms with Crippen LogP contribution in [0.3, 0.4) is 0 Å². The number of fused-ring (bicyclic) bond motifs is 7. The van der Waals surface area contributed by atoms with Crippen molar-refractivity contribution >= 4 is 43.7 Å². The van der Waals surface area contributed by atoms with Crippen molar-refractivity contribution in [2.75, 3.05) is 0 Å². The third-order valence-electron chi connectivity index (χ3n) is 9.51. The Morgan fingerprint density at radius 1 is 0.451 bits per heavy atom. The first-order valence-corrected chi connectivity index (χ1v) is 16.8. The van der Waals surface area contributed by atoms with Gasteiger partial charge in [0.25, 0.3) is 0 Å². The molecule has 0 atom stereocenters. The molecule has 5 nitrogen and oxygen atoms in total. The summed E-state index contributed by atoms with van der Waals surface area (Å²) < 4.78 is 23.8. The normalized spacial score (nSPS) is 11.6. The van der Waals surface area contributed by atoms with Crippen LogP contribution in [0, 0.1) is 5.82 Å². The number of nitrogens with zero attached hydrogens (tertiary/aromatic N) is 4. The van der Waals surface area contributed by atoms with Crippen LogP contribution in [0.5, 0.6) is 0 Å². The predicted octanol–water partition coefficient (Wildman–Crippen LogP) is 11.7. The van der Waals surface area contributed by atoms with Crippen LogP contribution in [-0.2, 0) is 0 Å². The minimum absolute atomic E-state index is 0.312. The molecule has 0 N–H and O–H groups in total. The maximum atomic E-state index is 15.0. The second-order valence-corrected chi connectivity index (χ2v) is 12.6. The maximum absolute atomic E-state index is 15.0. The molecule has 0 saturated carbocycles. The van der Waals surface area contributed by atoms with E-state index in [1.807, 2.05) is 97.1 Å².